The number of rotatable bonds is 5. The molecule has 0 aliphatic carbocycles. The summed E-state index contributed by atoms with van der Waals surface area (Å²) >= 11 is 1.69. The number of nitrogens with two attached hydrogens (primary N) is 1. The van der Waals surface area contributed by atoms with Crippen LogP contribution in [0.4, 0.5) is 0 Å². The van der Waals surface area contributed by atoms with Crippen LogP contribution in [0.1, 0.15) is 22.8 Å². The van der Waals surface area contributed by atoms with Crippen molar-refractivity contribution in [1.29, 1.82) is 0 Å². The van der Waals surface area contributed by atoms with Gasteiger partial charge >= 0.3 is 0 Å². The molecule has 2 aromatic rings. The summed E-state index contributed by atoms with van der Waals surface area (Å²) in [7, 11) is 0. The zero-order valence-electron chi connectivity index (χ0n) is 9.97. The molecule has 0 aliphatic heterocycles. The van der Waals surface area contributed by atoms with Crippen molar-refractivity contribution in [2.75, 3.05) is 0 Å². The average molecular weight is 247 g/mol. The van der Waals surface area contributed by atoms with Crippen LogP contribution in [0.25, 0.3) is 0 Å². The van der Waals surface area contributed by atoms with Gasteiger partial charge in [0.1, 0.15) is 0 Å². The van der Waals surface area contributed by atoms with E-state index in [9.17, 15) is 0 Å². The third-order valence-corrected chi connectivity index (χ3v) is 3.59. The Labute approximate surface area is 106 Å². The van der Waals surface area contributed by atoms with Crippen molar-refractivity contribution >= 4 is 11.3 Å². The molecule has 1 unspecified atom stereocenters. The molecule has 3 nitrogen and oxygen atoms in total. The van der Waals surface area contributed by atoms with Gasteiger partial charge in [0.05, 0.1) is 5.01 Å². The van der Waals surface area contributed by atoms with E-state index in [0.717, 1.165) is 35.7 Å². The highest BCUT2D eigenvalue weighted by Gasteiger charge is 2.07. The van der Waals surface area contributed by atoms with Crippen LogP contribution in [-0.2, 0) is 12.8 Å². The minimum absolute atomic E-state index is 0.169. The van der Waals surface area contributed by atoms with Gasteiger partial charge < -0.3 is 5.73 Å². The van der Waals surface area contributed by atoms with Crippen LogP contribution >= 0.6 is 11.3 Å². The fourth-order valence-corrected chi connectivity index (χ4v) is 2.57. The lowest BCUT2D eigenvalue weighted by atomic mass is 10.1. The number of thiazole rings is 1. The standard InChI is InChI=1S/C13H17N3S/c1-10-9-17-13(16-10)8-11(14)5-6-12-4-2-3-7-15-12/h2-4,7,9,11H,5-6,8,14H2,1H3. The minimum Gasteiger partial charge on any atom is -0.327 e. The van der Waals surface area contributed by atoms with E-state index in [1.807, 2.05) is 31.3 Å². The smallest absolute Gasteiger partial charge is 0.0943 e. The van der Waals surface area contributed by atoms with Crippen LogP contribution in [0.3, 0.4) is 0 Å². The predicted molar refractivity (Wildman–Crippen MR) is 71.1 cm³/mol. The van der Waals surface area contributed by atoms with Gasteiger partial charge in [0.25, 0.3) is 0 Å². The zero-order chi connectivity index (χ0) is 12.1. The highest BCUT2D eigenvalue weighted by atomic mass is 32.1. The molecular formula is C13H17N3S. The van der Waals surface area contributed by atoms with Gasteiger partial charge in [0.2, 0.25) is 0 Å². The van der Waals surface area contributed by atoms with Gasteiger partial charge in [0.15, 0.2) is 0 Å². The lowest BCUT2D eigenvalue weighted by Gasteiger charge is -2.08. The predicted octanol–water partition coefficient (Wildman–Crippen LogP) is 2.35. The molecular weight excluding hydrogens is 230 g/mol. The van der Waals surface area contributed by atoms with Crippen LogP contribution in [0.2, 0.25) is 0 Å². The maximum absolute atomic E-state index is 6.10. The van der Waals surface area contributed by atoms with E-state index in [1.54, 1.807) is 11.3 Å². The Morgan fingerprint density at radius 2 is 2.29 bits per heavy atom. The number of aryl methyl sites for hydroxylation is 2. The second-order valence-electron chi connectivity index (χ2n) is 4.21. The van der Waals surface area contributed by atoms with Crippen molar-refractivity contribution in [3.05, 3.63) is 46.2 Å². The molecule has 2 heterocycles. The first-order chi connectivity index (χ1) is 8.24. The SMILES string of the molecule is Cc1csc(CC(N)CCc2ccccn2)n1. The van der Waals surface area contributed by atoms with E-state index in [2.05, 4.69) is 15.3 Å². The first kappa shape index (κ1) is 12.2. The molecule has 0 spiro atoms. The summed E-state index contributed by atoms with van der Waals surface area (Å²) in [5.41, 5.74) is 8.30. The van der Waals surface area contributed by atoms with E-state index in [0.29, 0.717) is 0 Å². The molecule has 0 saturated heterocycles. The normalized spacial score (nSPS) is 12.6. The first-order valence-electron chi connectivity index (χ1n) is 5.80. The highest BCUT2D eigenvalue weighted by Crippen LogP contribution is 2.12. The maximum Gasteiger partial charge on any atom is 0.0943 e. The quantitative estimate of drug-likeness (QED) is 0.882. The summed E-state index contributed by atoms with van der Waals surface area (Å²) in [5.74, 6) is 0. The van der Waals surface area contributed by atoms with Gasteiger partial charge in [-0.2, -0.15) is 0 Å². The number of hydrogen-bond acceptors (Lipinski definition) is 4. The molecule has 0 radical (unpaired) electrons. The van der Waals surface area contributed by atoms with Crippen molar-refractivity contribution in [3.63, 3.8) is 0 Å². The molecule has 1 atom stereocenters. The minimum atomic E-state index is 0.169. The average Bonchev–Trinajstić information content (AvgIpc) is 2.73. The van der Waals surface area contributed by atoms with Crippen LogP contribution in [0.15, 0.2) is 29.8 Å². The van der Waals surface area contributed by atoms with Crippen molar-refractivity contribution in [3.8, 4) is 0 Å². The Morgan fingerprint density at radius 1 is 1.41 bits per heavy atom. The lowest BCUT2D eigenvalue weighted by Crippen LogP contribution is -2.23. The van der Waals surface area contributed by atoms with Crippen LogP contribution in [-0.4, -0.2) is 16.0 Å². The topological polar surface area (TPSA) is 51.8 Å². The molecule has 0 bridgehead atoms. The summed E-state index contributed by atoms with van der Waals surface area (Å²) in [6, 6.07) is 6.16. The molecule has 2 rings (SSSR count). The van der Waals surface area contributed by atoms with E-state index < -0.39 is 0 Å². The molecule has 17 heavy (non-hydrogen) atoms. The molecule has 0 aliphatic rings. The molecule has 2 aromatic heterocycles. The van der Waals surface area contributed by atoms with Gasteiger partial charge in [0, 0.05) is 35.4 Å². The van der Waals surface area contributed by atoms with Crippen molar-refractivity contribution in [1.82, 2.24) is 9.97 Å². The Balaban J connectivity index is 1.80. The monoisotopic (exact) mass is 247 g/mol. The largest absolute Gasteiger partial charge is 0.327 e. The Kier molecular flexibility index (Phi) is 4.23. The molecule has 0 fully saturated rings. The number of aromatic nitrogens is 2. The van der Waals surface area contributed by atoms with Gasteiger partial charge in [-0.05, 0) is 31.9 Å². The fraction of sp³-hybridized carbons (Fsp3) is 0.385. The van der Waals surface area contributed by atoms with Gasteiger partial charge in [-0.25, -0.2) is 4.98 Å². The number of hydrogen-bond donors (Lipinski definition) is 1. The maximum atomic E-state index is 6.10. The van der Waals surface area contributed by atoms with E-state index >= 15 is 0 Å². The summed E-state index contributed by atoms with van der Waals surface area (Å²) in [5, 5.41) is 3.21. The second-order valence-corrected chi connectivity index (χ2v) is 5.15. The molecule has 0 saturated carbocycles. The van der Waals surface area contributed by atoms with Gasteiger partial charge in [-0.3, -0.25) is 4.98 Å². The van der Waals surface area contributed by atoms with E-state index in [-0.39, 0.29) is 6.04 Å². The van der Waals surface area contributed by atoms with Crippen LogP contribution in [0, 0.1) is 6.92 Å². The second kappa shape index (κ2) is 5.89. The third kappa shape index (κ3) is 3.91. The van der Waals surface area contributed by atoms with Crippen molar-refractivity contribution in [2.24, 2.45) is 5.73 Å². The zero-order valence-corrected chi connectivity index (χ0v) is 10.8. The molecule has 0 amide bonds. The molecule has 4 heteroatoms. The lowest BCUT2D eigenvalue weighted by molar-refractivity contribution is 0.603. The summed E-state index contributed by atoms with van der Waals surface area (Å²) in [6.07, 6.45) is 4.58. The highest BCUT2D eigenvalue weighted by molar-refractivity contribution is 7.09. The summed E-state index contributed by atoms with van der Waals surface area (Å²) < 4.78 is 0. The third-order valence-electron chi connectivity index (χ3n) is 2.60. The number of pyridine rings is 1. The van der Waals surface area contributed by atoms with Crippen molar-refractivity contribution in [2.45, 2.75) is 32.2 Å². The first-order valence-corrected chi connectivity index (χ1v) is 6.68. The summed E-state index contributed by atoms with van der Waals surface area (Å²) in [6.45, 7) is 2.01. The molecule has 90 valence electrons. The van der Waals surface area contributed by atoms with Crippen LogP contribution < -0.4 is 5.73 Å². The van der Waals surface area contributed by atoms with Crippen molar-refractivity contribution < 1.29 is 0 Å². The summed E-state index contributed by atoms with van der Waals surface area (Å²) in [4.78, 5) is 8.72. The molecule has 2 N–H and O–H groups in total. The fourth-order valence-electron chi connectivity index (χ4n) is 1.70. The van der Waals surface area contributed by atoms with E-state index in [1.165, 1.54) is 0 Å². The Hall–Kier alpha value is -1.26. The van der Waals surface area contributed by atoms with Gasteiger partial charge in [-0.15, -0.1) is 11.3 Å². The van der Waals surface area contributed by atoms with Crippen LogP contribution in [0.5, 0.6) is 0 Å². The Morgan fingerprint density at radius 3 is 2.94 bits per heavy atom. The van der Waals surface area contributed by atoms with Gasteiger partial charge in [-0.1, -0.05) is 6.07 Å². The number of nitrogens with zero attached hydrogens (tertiary/aromatic N) is 2. The van der Waals surface area contributed by atoms with E-state index in [4.69, 9.17) is 5.73 Å². The Bertz CT molecular complexity index is 453. The molecule has 0 aromatic carbocycles.